The molecule has 212 valence electrons. The molecule has 4 amide bonds. The van der Waals surface area contributed by atoms with Crippen LogP contribution < -0.4 is 9.80 Å². The van der Waals surface area contributed by atoms with Crippen LogP contribution in [0.1, 0.15) is 24.3 Å². The van der Waals surface area contributed by atoms with Crippen molar-refractivity contribution in [1.29, 1.82) is 0 Å². The van der Waals surface area contributed by atoms with E-state index in [4.69, 9.17) is 0 Å². The second-order valence-electron chi connectivity index (χ2n) is 11.2. The number of fused-ring (bicyclic) bond motifs is 4. The zero-order valence-corrected chi connectivity index (χ0v) is 26.2. The Bertz CT molecular complexity index is 1710. The van der Waals surface area contributed by atoms with E-state index in [2.05, 4.69) is 45.2 Å². The molecule has 2 heterocycles. The number of halogens is 3. The van der Waals surface area contributed by atoms with E-state index >= 15 is 0 Å². The first-order valence-electron chi connectivity index (χ1n) is 13.6. The number of rotatable bonds is 3. The molecule has 2 saturated heterocycles. The third kappa shape index (κ3) is 4.08. The van der Waals surface area contributed by atoms with Gasteiger partial charge in [0, 0.05) is 18.6 Å². The Morgan fingerprint density at radius 1 is 0.690 bits per heavy atom. The Hall–Kier alpha value is -3.13. The van der Waals surface area contributed by atoms with Gasteiger partial charge in [-0.1, -0.05) is 23.8 Å². The summed E-state index contributed by atoms with van der Waals surface area (Å²) in [5.41, 5.74) is 1.84. The summed E-state index contributed by atoms with van der Waals surface area (Å²) >= 11 is 4.30. The summed E-state index contributed by atoms with van der Waals surface area (Å²) in [5, 5.41) is 10.9. The van der Waals surface area contributed by atoms with Gasteiger partial charge in [-0.05, 0) is 119 Å². The summed E-state index contributed by atoms with van der Waals surface area (Å²) in [6.07, 6.45) is 2.36. The summed E-state index contributed by atoms with van der Waals surface area (Å²) in [6, 6.07) is 18.4. The quantitative estimate of drug-likeness (QED) is 0.206. The van der Waals surface area contributed by atoms with Crippen LogP contribution in [0.2, 0.25) is 0 Å². The zero-order chi connectivity index (χ0) is 29.4. The summed E-state index contributed by atoms with van der Waals surface area (Å²) in [4.78, 5) is 58.1. The number of phenols is 1. The maximum Gasteiger partial charge on any atom is 0.238 e. The van der Waals surface area contributed by atoms with Crippen molar-refractivity contribution in [3.05, 3.63) is 96.9 Å². The highest BCUT2D eigenvalue weighted by atomic mass is 127. The molecule has 0 bridgehead atoms. The molecule has 3 aromatic rings. The van der Waals surface area contributed by atoms with Gasteiger partial charge in [-0.3, -0.25) is 29.0 Å². The van der Waals surface area contributed by atoms with Gasteiger partial charge in [0.25, 0.3) is 0 Å². The molecular formula is C32H23FI2N2O5. The number of hydrogen-bond acceptors (Lipinski definition) is 5. The molecule has 0 spiro atoms. The number of hydrogen-bond donors (Lipinski definition) is 1. The maximum absolute atomic E-state index is 14.7. The lowest BCUT2D eigenvalue weighted by atomic mass is 9.57. The highest BCUT2D eigenvalue weighted by Gasteiger charge is 2.62. The van der Waals surface area contributed by atoms with Crippen LogP contribution in [0.25, 0.3) is 0 Å². The van der Waals surface area contributed by atoms with E-state index in [1.807, 2.05) is 30.3 Å². The van der Waals surface area contributed by atoms with Crippen LogP contribution in [0, 0.1) is 42.5 Å². The molecule has 4 aliphatic rings. The summed E-state index contributed by atoms with van der Waals surface area (Å²) in [6.45, 7) is 0. The van der Waals surface area contributed by atoms with Crippen molar-refractivity contribution in [3.8, 4) is 5.75 Å². The number of allylic oxidation sites excluding steroid dienone is 2. The standard InChI is InChI=1S/C32H23FI2N2O5/c33-24-3-1-2-20(28(24)38)25-19-12-13-21-26(31(41)36(29(21)39)17-8-4-15(34)5-9-17)22(19)14-23-27(25)32(42)37(30(23)40)18-10-6-16(35)7-11-18/h1-12,21-23,25-27,38H,13-14H2/t21-,22+,23+,25+,26-,27+/m0/s1. The largest absolute Gasteiger partial charge is 0.505 e. The number of carbonyl (C=O) groups is 4. The predicted octanol–water partition coefficient (Wildman–Crippen LogP) is 5.79. The Morgan fingerprint density at radius 3 is 1.83 bits per heavy atom. The van der Waals surface area contributed by atoms with Crippen LogP contribution in [0.5, 0.6) is 5.75 Å². The van der Waals surface area contributed by atoms with E-state index in [1.165, 1.54) is 15.9 Å². The fraction of sp³-hybridized carbons (Fsp3) is 0.250. The van der Waals surface area contributed by atoms with Crippen LogP contribution in [-0.2, 0) is 19.2 Å². The van der Waals surface area contributed by atoms with E-state index in [1.54, 1.807) is 30.3 Å². The molecule has 10 heteroatoms. The number of nitrogens with zero attached hydrogens (tertiary/aromatic N) is 2. The molecule has 2 aliphatic carbocycles. The van der Waals surface area contributed by atoms with Crippen LogP contribution >= 0.6 is 45.2 Å². The van der Waals surface area contributed by atoms with Crippen molar-refractivity contribution < 1.29 is 28.7 Å². The lowest BCUT2D eigenvalue weighted by Gasteiger charge is -2.44. The first kappa shape index (κ1) is 27.7. The molecule has 7 rings (SSSR count). The first-order chi connectivity index (χ1) is 20.2. The molecule has 3 fully saturated rings. The Morgan fingerprint density at radius 2 is 1.24 bits per heavy atom. The summed E-state index contributed by atoms with van der Waals surface area (Å²) < 4.78 is 16.6. The Balaban J connectivity index is 1.35. The van der Waals surface area contributed by atoms with Crippen molar-refractivity contribution in [2.24, 2.45) is 29.6 Å². The molecule has 7 nitrogen and oxygen atoms in total. The summed E-state index contributed by atoms with van der Waals surface area (Å²) in [7, 11) is 0. The monoisotopic (exact) mass is 788 g/mol. The number of imide groups is 2. The lowest BCUT2D eigenvalue weighted by Crippen LogP contribution is -2.43. The number of phenolic OH excluding ortho intramolecular Hbond substituents is 1. The number of carbonyl (C=O) groups excluding carboxylic acids is 4. The molecule has 0 radical (unpaired) electrons. The minimum absolute atomic E-state index is 0.204. The second kappa shape index (κ2) is 10.2. The van der Waals surface area contributed by atoms with E-state index < -0.39 is 53.0 Å². The number of aromatic hydroxyl groups is 1. The van der Waals surface area contributed by atoms with Crippen LogP contribution in [0.3, 0.4) is 0 Å². The zero-order valence-electron chi connectivity index (χ0n) is 21.9. The molecule has 1 saturated carbocycles. The number of amides is 4. The molecule has 6 atom stereocenters. The second-order valence-corrected chi connectivity index (χ2v) is 13.7. The number of benzene rings is 3. The van der Waals surface area contributed by atoms with Crippen LogP contribution in [0.4, 0.5) is 15.8 Å². The van der Waals surface area contributed by atoms with E-state index in [-0.39, 0.29) is 36.1 Å². The Labute approximate surface area is 268 Å². The minimum atomic E-state index is -0.886. The SMILES string of the molecule is O=C1[C@H]2[C@H](CC=C3[C@H]2C[C@H]2C(=O)N(c4ccc(I)cc4)C(=O)[C@H]2[C@H]3c2cccc(F)c2O)C(=O)N1c1ccc(I)cc1. The third-order valence-corrected chi connectivity index (χ3v) is 10.6. The van der Waals surface area contributed by atoms with Gasteiger partial charge in [0.1, 0.15) is 0 Å². The lowest BCUT2D eigenvalue weighted by molar-refractivity contribution is -0.126. The first-order valence-corrected chi connectivity index (χ1v) is 15.8. The van der Waals surface area contributed by atoms with Gasteiger partial charge in [0.05, 0.1) is 35.0 Å². The van der Waals surface area contributed by atoms with E-state index in [0.717, 1.165) is 13.2 Å². The normalized spacial score (nSPS) is 28.5. The van der Waals surface area contributed by atoms with Crippen LogP contribution in [-0.4, -0.2) is 28.7 Å². The van der Waals surface area contributed by atoms with Crippen LogP contribution in [0.15, 0.2) is 78.4 Å². The van der Waals surface area contributed by atoms with E-state index in [9.17, 15) is 28.7 Å². The highest BCUT2D eigenvalue weighted by molar-refractivity contribution is 14.1. The van der Waals surface area contributed by atoms with Gasteiger partial charge in [0.2, 0.25) is 23.6 Å². The van der Waals surface area contributed by atoms with Gasteiger partial charge >= 0.3 is 0 Å². The van der Waals surface area contributed by atoms with Crippen molar-refractivity contribution in [1.82, 2.24) is 0 Å². The highest BCUT2D eigenvalue weighted by Crippen LogP contribution is 2.59. The van der Waals surface area contributed by atoms with Gasteiger partial charge in [-0.25, -0.2) is 4.39 Å². The minimum Gasteiger partial charge on any atom is -0.505 e. The maximum atomic E-state index is 14.7. The average Bonchev–Trinajstić information content (AvgIpc) is 3.38. The molecule has 0 aromatic heterocycles. The van der Waals surface area contributed by atoms with Gasteiger partial charge < -0.3 is 5.11 Å². The molecule has 1 N–H and O–H groups in total. The third-order valence-electron chi connectivity index (χ3n) is 9.17. The van der Waals surface area contributed by atoms with Crippen molar-refractivity contribution in [3.63, 3.8) is 0 Å². The van der Waals surface area contributed by atoms with E-state index in [0.29, 0.717) is 16.9 Å². The van der Waals surface area contributed by atoms with Crippen molar-refractivity contribution >= 4 is 80.2 Å². The fourth-order valence-electron chi connectivity index (χ4n) is 7.41. The average molecular weight is 788 g/mol. The molecule has 2 aliphatic heterocycles. The van der Waals surface area contributed by atoms with Gasteiger partial charge in [-0.2, -0.15) is 0 Å². The van der Waals surface area contributed by atoms with Crippen molar-refractivity contribution in [2.75, 3.05) is 9.80 Å². The number of anilines is 2. The van der Waals surface area contributed by atoms with Crippen molar-refractivity contribution in [2.45, 2.75) is 18.8 Å². The fourth-order valence-corrected chi connectivity index (χ4v) is 8.13. The Kier molecular flexibility index (Phi) is 6.76. The molecule has 0 unspecified atom stereocenters. The summed E-state index contributed by atoms with van der Waals surface area (Å²) in [5.74, 6) is -7.23. The number of para-hydroxylation sites is 1. The van der Waals surface area contributed by atoms with Gasteiger partial charge in [-0.15, -0.1) is 0 Å². The molecule has 42 heavy (non-hydrogen) atoms. The smallest absolute Gasteiger partial charge is 0.238 e. The predicted molar refractivity (Wildman–Crippen MR) is 169 cm³/mol. The topological polar surface area (TPSA) is 95.0 Å². The molecular weight excluding hydrogens is 765 g/mol. The molecule has 3 aromatic carbocycles. The van der Waals surface area contributed by atoms with Gasteiger partial charge in [0.15, 0.2) is 11.6 Å².